The molecule has 1 aliphatic carbocycles. The number of aliphatic hydroxyl groups is 1. The van der Waals surface area contributed by atoms with Crippen LogP contribution in [0.1, 0.15) is 41.1 Å². The standard InChI is InChI=1S/C24H25F5N6O2S/c25-13-2-1-3-14(26)17(13)23-35(20(21(31)37)22(32)38-23)15-7-33-18-12(4-5-16(18)36)19(15)34-8-10(24(27,28)29)6-11(30)9-34/h1-3,7,10-11,16,23,36H,4-6,8-9,30,32H2,(H2,31,37)/t10-,11+,16?,23?/m1/s1. The first-order valence-corrected chi connectivity index (χ1v) is 12.7. The summed E-state index contributed by atoms with van der Waals surface area (Å²) in [7, 11) is 0. The molecule has 3 heterocycles. The van der Waals surface area contributed by atoms with Crippen LogP contribution >= 0.6 is 11.8 Å². The molecule has 1 aromatic carbocycles. The van der Waals surface area contributed by atoms with Gasteiger partial charge in [0.15, 0.2) is 0 Å². The number of hydrogen-bond acceptors (Lipinski definition) is 8. The van der Waals surface area contributed by atoms with Gasteiger partial charge in [-0.05, 0) is 31.4 Å². The molecule has 5 rings (SSSR count). The minimum Gasteiger partial charge on any atom is -0.392 e. The molecule has 0 spiro atoms. The Balaban J connectivity index is 1.73. The maximum Gasteiger partial charge on any atom is 0.393 e. The molecule has 1 fully saturated rings. The highest BCUT2D eigenvalue weighted by Crippen LogP contribution is 2.53. The number of pyridine rings is 1. The van der Waals surface area contributed by atoms with Crippen LogP contribution in [0.4, 0.5) is 33.3 Å². The third-order valence-corrected chi connectivity index (χ3v) is 8.21. The van der Waals surface area contributed by atoms with Crippen LogP contribution in [0, 0.1) is 17.6 Å². The summed E-state index contributed by atoms with van der Waals surface area (Å²) in [6.07, 6.45) is -3.91. The van der Waals surface area contributed by atoms with Crippen molar-refractivity contribution in [1.29, 1.82) is 0 Å². The van der Waals surface area contributed by atoms with Gasteiger partial charge in [-0.2, -0.15) is 13.2 Å². The third kappa shape index (κ3) is 4.43. The molecule has 3 aliphatic rings. The molecule has 4 atom stereocenters. The van der Waals surface area contributed by atoms with Gasteiger partial charge in [-0.15, -0.1) is 0 Å². The van der Waals surface area contributed by atoms with Crippen LogP contribution in [0.5, 0.6) is 0 Å². The Morgan fingerprint density at radius 2 is 1.87 bits per heavy atom. The molecule has 14 heteroatoms. The van der Waals surface area contributed by atoms with Crippen LogP contribution in [0.25, 0.3) is 0 Å². The fourth-order valence-corrected chi connectivity index (χ4v) is 6.69. The summed E-state index contributed by atoms with van der Waals surface area (Å²) in [6.45, 7) is -0.404. The van der Waals surface area contributed by atoms with Gasteiger partial charge in [-0.1, -0.05) is 17.8 Å². The number of aliphatic hydroxyl groups excluding tert-OH is 1. The minimum absolute atomic E-state index is 0.0386. The minimum atomic E-state index is -4.52. The predicted octanol–water partition coefficient (Wildman–Crippen LogP) is 2.92. The number of nitrogens with two attached hydrogens (primary N) is 3. The first-order valence-electron chi connectivity index (χ1n) is 11.8. The maximum absolute atomic E-state index is 15.0. The number of fused-ring (bicyclic) bond motifs is 1. The lowest BCUT2D eigenvalue weighted by molar-refractivity contribution is -0.177. The highest BCUT2D eigenvalue weighted by molar-refractivity contribution is 8.03. The molecule has 0 bridgehead atoms. The van der Waals surface area contributed by atoms with E-state index < -0.39 is 59.3 Å². The van der Waals surface area contributed by atoms with Gasteiger partial charge in [0.2, 0.25) is 0 Å². The van der Waals surface area contributed by atoms with Crippen LogP contribution in [0.3, 0.4) is 0 Å². The van der Waals surface area contributed by atoms with Crippen molar-refractivity contribution < 1.29 is 31.9 Å². The van der Waals surface area contributed by atoms with E-state index in [9.17, 15) is 31.9 Å². The number of carbonyl (C=O) groups is 1. The number of anilines is 2. The van der Waals surface area contributed by atoms with E-state index in [1.807, 2.05) is 0 Å². The van der Waals surface area contributed by atoms with E-state index in [1.165, 1.54) is 22.1 Å². The summed E-state index contributed by atoms with van der Waals surface area (Å²) in [5.74, 6) is -4.55. The normalized spacial score (nSPS) is 25.8. The monoisotopic (exact) mass is 556 g/mol. The molecular formula is C24H25F5N6O2S. The summed E-state index contributed by atoms with van der Waals surface area (Å²) in [5.41, 5.74) is 18.2. The van der Waals surface area contributed by atoms with Gasteiger partial charge in [0.25, 0.3) is 5.91 Å². The molecule has 1 saturated heterocycles. The summed E-state index contributed by atoms with van der Waals surface area (Å²) in [5, 5.41) is 9.11. The van der Waals surface area contributed by atoms with Crippen molar-refractivity contribution in [2.24, 2.45) is 23.1 Å². The number of aromatic nitrogens is 1. The molecule has 2 aliphatic heterocycles. The number of amides is 1. The van der Waals surface area contributed by atoms with Crippen molar-refractivity contribution in [2.45, 2.75) is 43.0 Å². The molecule has 204 valence electrons. The van der Waals surface area contributed by atoms with E-state index in [1.54, 1.807) is 0 Å². The average molecular weight is 557 g/mol. The predicted molar refractivity (Wildman–Crippen MR) is 131 cm³/mol. The lowest BCUT2D eigenvalue weighted by Gasteiger charge is -2.41. The van der Waals surface area contributed by atoms with Crippen LogP contribution < -0.4 is 27.0 Å². The molecule has 0 saturated carbocycles. The Morgan fingerprint density at radius 3 is 2.50 bits per heavy atom. The lowest BCUT2D eigenvalue weighted by atomic mass is 9.92. The van der Waals surface area contributed by atoms with E-state index in [-0.39, 0.29) is 53.6 Å². The number of halogens is 5. The fraction of sp³-hybridized carbons (Fsp3) is 0.417. The van der Waals surface area contributed by atoms with Crippen LogP contribution in [0.15, 0.2) is 35.1 Å². The third-order valence-electron chi connectivity index (χ3n) is 7.10. The summed E-state index contributed by atoms with van der Waals surface area (Å²) in [4.78, 5) is 19.6. The molecule has 7 N–H and O–H groups in total. The van der Waals surface area contributed by atoms with Crippen molar-refractivity contribution >= 4 is 29.0 Å². The van der Waals surface area contributed by atoms with Gasteiger partial charge in [0.1, 0.15) is 22.7 Å². The van der Waals surface area contributed by atoms with Crippen LogP contribution in [0.2, 0.25) is 0 Å². The zero-order chi connectivity index (χ0) is 27.5. The molecule has 8 nitrogen and oxygen atoms in total. The second-order valence-corrected chi connectivity index (χ2v) is 10.7. The number of piperidine rings is 1. The number of hydrogen-bond donors (Lipinski definition) is 4. The Labute approximate surface area is 218 Å². The van der Waals surface area contributed by atoms with E-state index in [0.717, 1.165) is 23.9 Å². The van der Waals surface area contributed by atoms with Crippen molar-refractivity contribution in [1.82, 2.24) is 4.98 Å². The molecular weight excluding hydrogens is 531 g/mol. The number of benzene rings is 1. The van der Waals surface area contributed by atoms with Crippen molar-refractivity contribution in [3.05, 3.63) is 63.6 Å². The fourth-order valence-electron chi connectivity index (χ4n) is 5.47. The van der Waals surface area contributed by atoms with E-state index in [2.05, 4.69) is 4.98 Å². The lowest BCUT2D eigenvalue weighted by Crippen LogP contribution is -2.51. The number of alkyl halides is 3. The van der Waals surface area contributed by atoms with E-state index in [0.29, 0.717) is 5.56 Å². The number of nitrogens with zero attached hydrogens (tertiary/aromatic N) is 3. The smallest absolute Gasteiger partial charge is 0.392 e. The summed E-state index contributed by atoms with van der Waals surface area (Å²) in [6, 6.07) is 2.44. The van der Waals surface area contributed by atoms with Crippen molar-refractivity contribution in [3.8, 4) is 0 Å². The quantitative estimate of drug-likeness (QED) is 0.423. The summed E-state index contributed by atoms with van der Waals surface area (Å²) >= 11 is 0.783. The van der Waals surface area contributed by atoms with E-state index >= 15 is 0 Å². The Morgan fingerprint density at radius 1 is 1.18 bits per heavy atom. The molecule has 0 radical (unpaired) electrons. The molecule has 1 aromatic heterocycles. The van der Waals surface area contributed by atoms with Gasteiger partial charge in [-0.3, -0.25) is 9.78 Å². The molecule has 2 aromatic rings. The van der Waals surface area contributed by atoms with Gasteiger partial charge in [0.05, 0.1) is 45.9 Å². The van der Waals surface area contributed by atoms with Crippen molar-refractivity contribution in [2.75, 3.05) is 22.9 Å². The number of primary amides is 1. The Bertz CT molecular complexity index is 1300. The zero-order valence-electron chi connectivity index (χ0n) is 19.9. The Hall–Kier alpha value is -3.10. The second kappa shape index (κ2) is 9.58. The number of rotatable bonds is 4. The van der Waals surface area contributed by atoms with Gasteiger partial charge >= 0.3 is 6.18 Å². The number of carbonyl (C=O) groups excluding carboxylic acids is 1. The highest BCUT2D eigenvalue weighted by Gasteiger charge is 2.47. The van der Waals surface area contributed by atoms with Crippen molar-refractivity contribution in [3.63, 3.8) is 0 Å². The first-order chi connectivity index (χ1) is 17.9. The van der Waals surface area contributed by atoms with Gasteiger partial charge in [0, 0.05) is 24.7 Å². The maximum atomic E-state index is 15.0. The SMILES string of the molecule is NC(=O)C1=C(N)SC(c2c(F)cccc2F)N1c1cnc2c(c1N1C[C@@H](N)C[C@@H](C(F)(F)F)C1)CCC2O. The number of thioether (sulfide) groups is 1. The van der Waals surface area contributed by atoms with Gasteiger partial charge < -0.3 is 32.1 Å². The van der Waals surface area contributed by atoms with Crippen LogP contribution in [-0.4, -0.2) is 41.3 Å². The second-order valence-electron chi connectivity index (χ2n) is 9.60. The zero-order valence-corrected chi connectivity index (χ0v) is 20.7. The van der Waals surface area contributed by atoms with Gasteiger partial charge in [-0.25, -0.2) is 8.78 Å². The Kier molecular flexibility index (Phi) is 6.68. The molecule has 1 amide bonds. The largest absolute Gasteiger partial charge is 0.393 e. The highest BCUT2D eigenvalue weighted by atomic mass is 32.2. The summed E-state index contributed by atoms with van der Waals surface area (Å²) < 4.78 is 71.3. The molecule has 38 heavy (non-hydrogen) atoms. The van der Waals surface area contributed by atoms with Crippen LogP contribution in [-0.2, 0) is 11.2 Å². The topological polar surface area (TPSA) is 135 Å². The first kappa shape index (κ1) is 26.5. The van der Waals surface area contributed by atoms with E-state index in [4.69, 9.17) is 17.2 Å². The average Bonchev–Trinajstić information content (AvgIpc) is 3.37. The molecule has 2 unspecified atom stereocenters.